The van der Waals surface area contributed by atoms with E-state index in [1.807, 2.05) is 0 Å². The van der Waals surface area contributed by atoms with Gasteiger partial charge in [0.25, 0.3) is 5.56 Å². The summed E-state index contributed by atoms with van der Waals surface area (Å²) >= 11 is 4.62. The summed E-state index contributed by atoms with van der Waals surface area (Å²) in [6.07, 6.45) is 4.42. The largest absolute Gasteiger partial charge is 0.268 e. The molecule has 2 aromatic heterocycles. The van der Waals surface area contributed by atoms with Crippen LogP contribution in [-0.2, 0) is 6.54 Å². The van der Waals surface area contributed by atoms with E-state index in [4.69, 9.17) is 0 Å². The summed E-state index contributed by atoms with van der Waals surface area (Å²) in [5.74, 6) is -0.440. The van der Waals surface area contributed by atoms with Crippen LogP contribution in [0.15, 0.2) is 41.6 Å². The number of hydrogen-bond acceptors (Lipinski definition) is 6. The fourth-order valence-electron chi connectivity index (χ4n) is 1.78. The summed E-state index contributed by atoms with van der Waals surface area (Å²) in [6.45, 7) is 0.167. The van der Waals surface area contributed by atoms with Crippen molar-refractivity contribution in [3.05, 3.63) is 64.2 Å². The first-order valence-electron chi connectivity index (χ1n) is 5.89. The molecule has 2 aromatic rings. The maximum atomic E-state index is 13.1. The Balaban J connectivity index is 1.92. The van der Waals surface area contributed by atoms with Crippen molar-refractivity contribution in [3.8, 4) is 0 Å². The van der Waals surface area contributed by atoms with E-state index < -0.39 is 5.82 Å². The second kappa shape index (κ2) is 5.96. The van der Waals surface area contributed by atoms with E-state index >= 15 is 0 Å². The van der Waals surface area contributed by atoms with Crippen LogP contribution in [0.1, 0.15) is 11.3 Å². The smallest absolute Gasteiger partial charge is 0.267 e. The molecule has 0 aromatic carbocycles. The molecule has 0 spiro atoms. The van der Waals surface area contributed by atoms with Crippen molar-refractivity contribution in [2.45, 2.75) is 6.54 Å². The Morgan fingerprint density at radius 3 is 2.95 bits per heavy atom. The third-order valence-corrected chi connectivity index (χ3v) is 4.13. The van der Waals surface area contributed by atoms with Gasteiger partial charge in [-0.1, -0.05) is 0 Å². The average molecular weight is 370 g/mol. The van der Waals surface area contributed by atoms with Crippen molar-refractivity contribution in [1.82, 2.24) is 23.6 Å². The fraction of sp³-hybridized carbons (Fsp3) is 0.0833. The Hall–Kier alpha value is -1.71. The van der Waals surface area contributed by atoms with Gasteiger partial charge in [-0.3, -0.25) is 9.78 Å². The van der Waals surface area contributed by atoms with Crippen molar-refractivity contribution in [3.63, 3.8) is 0 Å². The fourth-order valence-corrected chi connectivity index (χ4v) is 2.94. The number of hydrazine groups is 1. The zero-order valence-electron chi connectivity index (χ0n) is 10.5. The minimum Gasteiger partial charge on any atom is -0.268 e. The Morgan fingerprint density at radius 2 is 2.24 bits per heavy atom. The molecule has 0 aliphatic carbocycles. The number of halogens is 2. The summed E-state index contributed by atoms with van der Waals surface area (Å²) in [5.41, 5.74) is 0.976. The van der Waals surface area contributed by atoms with E-state index in [0.717, 1.165) is 11.1 Å². The molecule has 1 N–H and O–H groups in total. The van der Waals surface area contributed by atoms with Gasteiger partial charge in [0.05, 0.1) is 33.8 Å². The van der Waals surface area contributed by atoms with Crippen LogP contribution in [0, 0.1) is 5.82 Å². The molecule has 9 heteroatoms. The Morgan fingerprint density at radius 1 is 1.38 bits per heavy atom. The number of aromatic nitrogens is 3. The van der Waals surface area contributed by atoms with E-state index in [-0.39, 0.29) is 12.1 Å². The van der Waals surface area contributed by atoms with Gasteiger partial charge in [0.1, 0.15) is 11.5 Å². The van der Waals surface area contributed by atoms with Crippen LogP contribution in [-0.4, -0.2) is 18.8 Å². The molecule has 0 unspecified atom stereocenters. The quantitative estimate of drug-likeness (QED) is 0.658. The average Bonchev–Trinajstić information content (AvgIpc) is 2.88. The van der Waals surface area contributed by atoms with Crippen LogP contribution in [0.3, 0.4) is 0 Å². The molecule has 0 saturated carbocycles. The predicted octanol–water partition coefficient (Wildman–Crippen LogP) is 1.90. The molecule has 3 heterocycles. The van der Waals surface area contributed by atoms with Crippen LogP contribution < -0.4 is 10.4 Å². The molecular formula is C12H9BrFN5OS. The molecule has 21 heavy (non-hydrogen) atoms. The third kappa shape index (κ3) is 3.31. The second-order valence-electron chi connectivity index (χ2n) is 4.22. The highest BCUT2D eigenvalue weighted by Crippen LogP contribution is 2.29. The van der Waals surface area contributed by atoms with Gasteiger partial charge in [-0.05, 0) is 29.6 Å². The number of pyridine rings is 1. The zero-order chi connectivity index (χ0) is 14.8. The van der Waals surface area contributed by atoms with E-state index in [2.05, 4.69) is 31.1 Å². The molecule has 1 aliphatic rings. The number of hydrogen-bond donors (Lipinski definition) is 1. The van der Waals surface area contributed by atoms with E-state index in [1.165, 1.54) is 35.0 Å². The first kappa shape index (κ1) is 14.2. The van der Waals surface area contributed by atoms with Crippen molar-refractivity contribution < 1.29 is 4.39 Å². The van der Waals surface area contributed by atoms with E-state index in [0.29, 0.717) is 11.3 Å². The monoisotopic (exact) mass is 369 g/mol. The summed E-state index contributed by atoms with van der Waals surface area (Å²) in [4.78, 5) is 19.4. The van der Waals surface area contributed by atoms with Gasteiger partial charge in [-0.25, -0.2) is 13.1 Å². The van der Waals surface area contributed by atoms with E-state index in [9.17, 15) is 9.18 Å². The SMILES string of the molecule is O=c1ccc(C2=CN(Br)NS2)nn1Cc1cncc(F)c1. The van der Waals surface area contributed by atoms with Crippen molar-refractivity contribution in [1.29, 1.82) is 0 Å². The highest BCUT2D eigenvalue weighted by molar-refractivity contribution is 9.07. The van der Waals surface area contributed by atoms with Gasteiger partial charge in [-0.15, -0.1) is 0 Å². The first-order valence-corrected chi connectivity index (χ1v) is 7.42. The molecule has 0 fully saturated rings. The van der Waals surface area contributed by atoms with Gasteiger partial charge < -0.3 is 0 Å². The van der Waals surface area contributed by atoms with Crippen LogP contribution in [0.4, 0.5) is 4.39 Å². The summed E-state index contributed by atoms with van der Waals surface area (Å²) in [5, 5.41) is 4.29. The van der Waals surface area contributed by atoms with Crippen LogP contribution >= 0.6 is 28.1 Å². The lowest BCUT2D eigenvalue weighted by atomic mass is 10.3. The maximum absolute atomic E-state index is 13.1. The molecule has 0 saturated heterocycles. The number of nitrogens with zero attached hydrogens (tertiary/aromatic N) is 4. The van der Waals surface area contributed by atoms with Gasteiger partial charge in [0.2, 0.25) is 0 Å². The van der Waals surface area contributed by atoms with Gasteiger partial charge >= 0.3 is 0 Å². The van der Waals surface area contributed by atoms with Gasteiger partial charge in [0, 0.05) is 18.5 Å². The first-order chi connectivity index (χ1) is 10.1. The zero-order valence-corrected chi connectivity index (χ0v) is 12.9. The Bertz CT molecular complexity index is 765. The number of nitrogens with one attached hydrogen (secondary N) is 1. The number of rotatable bonds is 3. The highest BCUT2D eigenvalue weighted by Gasteiger charge is 2.15. The summed E-state index contributed by atoms with van der Waals surface area (Å²) in [6, 6.07) is 4.42. The molecular weight excluding hydrogens is 361 g/mol. The molecule has 3 rings (SSSR count). The third-order valence-electron chi connectivity index (χ3n) is 2.69. The van der Waals surface area contributed by atoms with Crippen LogP contribution in [0.5, 0.6) is 0 Å². The van der Waals surface area contributed by atoms with Crippen molar-refractivity contribution in [2.24, 2.45) is 0 Å². The van der Waals surface area contributed by atoms with Crippen molar-refractivity contribution in [2.75, 3.05) is 0 Å². The predicted molar refractivity (Wildman–Crippen MR) is 81.3 cm³/mol. The lowest BCUT2D eigenvalue weighted by molar-refractivity contribution is 0.602. The van der Waals surface area contributed by atoms with Crippen molar-refractivity contribution >= 4 is 33.0 Å². The minimum absolute atomic E-state index is 0.167. The van der Waals surface area contributed by atoms with Gasteiger partial charge in [-0.2, -0.15) is 9.93 Å². The maximum Gasteiger partial charge on any atom is 0.267 e. The second-order valence-corrected chi connectivity index (χ2v) is 5.81. The van der Waals surface area contributed by atoms with Gasteiger partial charge in [0.15, 0.2) is 0 Å². The highest BCUT2D eigenvalue weighted by atomic mass is 79.9. The lowest BCUT2D eigenvalue weighted by Gasteiger charge is -2.06. The molecule has 0 radical (unpaired) electrons. The minimum atomic E-state index is -0.440. The summed E-state index contributed by atoms with van der Waals surface area (Å²) in [7, 11) is 0. The lowest BCUT2D eigenvalue weighted by Crippen LogP contribution is -2.23. The topological polar surface area (TPSA) is 63.1 Å². The standard InChI is InChI=1S/C12H9BrFN5OS/c13-19-7-11(21-17-19)10-1-2-12(20)18(16-10)6-8-3-9(14)5-15-4-8/h1-5,7,17H,6H2. The van der Waals surface area contributed by atoms with Crippen LogP contribution in [0.25, 0.3) is 4.91 Å². The molecule has 6 nitrogen and oxygen atoms in total. The molecule has 0 bridgehead atoms. The molecule has 108 valence electrons. The molecule has 1 aliphatic heterocycles. The van der Waals surface area contributed by atoms with E-state index in [1.54, 1.807) is 16.3 Å². The normalized spacial score (nSPS) is 14.4. The molecule has 0 amide bonds. The van der Waals surface area contributed by atoms with Crippen LogP contribution in [0.2, 0.25) is 0 Å². The Labute approximate surface area is 132 Å². The Kier molecular flexibility index (Phi) is 4.04. The molecule has 0 atom stereocenters. The summed E-state index contributed by atoms with van der Waals surface area (Å²) < 4.78 is 16.0.